The lowest BCUT2D eigenvalue weighted by Gasteiger charge is -2.23. The van der Waals surface area contributed by atoms with E-state index in [1.165, 1.54) is 5.01 Å². The van der Waals surface area contributed by atoms with Crippen LogP contribution in [-0.4, -0.2) is 41.4 Å². The second-order valence-electron chi connectivity index (χ2n) is 7.62. The molecule has 1 N–H and O–H groups in total. The van der Waals surface area contributed by atoms with Gasteiger partial charge in [0.1, 0.15) is 5.71 Å². The van der Waals surface area contributed by atoms with Crippen LogP contribution in [0.25, 0.3) is 0 Å². The summed E-state index contributed by atoms with van der Waals surface area (Å²) < 4.78 is 0. The summed E-state index contributed by atoms with van der Waals surface area (Å²) in [5, 5.41) is 8.40. The predicted octanol–water partition coefficient (Wildman–Crippen LogP) is 3.35. The maximum Gasteiger partial charge on any atom is 0.271 e. The molecule has 154 valence electrons. The van der Waals surface area contributed by atoms with E-state index in [4.69, 9.17) is 0 Å². The maximum atomic E-state index is 12.7. The smallest absolute Gasteiger partial charge is 0.271 e. The quantitative estimate of drug-likeness (QED) is 0.848. The van der Waals surface area contributed by atoms with Gasteiger partial charge in [-0.2, -0.15) is 5.10 Å². The molecule has 0 atom stereocenters. The molecule has 2 aromatic rings. The summed E-state index contributed by atoms with van der Waals surface area (Å²) in [7, 11) is 0. The molecule has 0 aromatic heterocycles. The van der Waals surface area contributed by atoms with Crippen LogP contribution in [0.2, 0.25) is 0 Å². The van der Waals surface area contributed by atoms with Crippen molar-refractivity contribution in [3.8, 4) is 0 Å². The van der Waals surface area contributed by atoms with Crippen LogP contribution < -0.4 is 10.3 Å². The largest absolute Gasteiger partial charge is 0.339 e. The first kappa shape index (κ1) is 19.8. The molecule has 7 nitrogen and oxygen atoms in total. The lowest BCUT2D eigenvalue weighted by atomic mass is 10.1. The fourth-order valence-corrected chi connectivity index (χ4v) is 3.68. The first-order valence-corrected chi connectivity index (χ1v) is 10.2. The Bertz CT molecular complexity index is 1010. The molecule has 2 aliphatic heterocycles. The van der Waals surface area contributed by atoms with Crippen LogP contribution in [0.15, 0.2) is 53.6 Å². The number of carbonyl (C=O) groups is 3. The van der Waals surface area contributed by atoms with Crippen molar-refractivity contribution in [1.29, 1.82) is 0 Å². The molecule has 30 heavy (non-hydrogen) atoms. The summed E-state index contributed by atoms with van der Waals surface area (Å²) in [4.78, 5) is 39.3. The number of nitrogens with zero attached hydrogens (tertiary/aromatic N) is 3. The topological polar surface area (TPSA) is 82.1 Å². The third-order valence-corrected chi connectivity index (χ3v) is 5.32. The van der Waals surface area contributed by atoms with Crippen molar-refractivity contribution >= 4 is 34.8 Å². The van der Waals surface area contributed by atoms with Crippen molar-refractivity contribution in [2.45, 2.75) is 32.6 Å². The van der Waals surface area contributed by atoms with Gasteiger partial charge >= 0.3 is 0 Å². The van der Waals surface area contributed by atoms with Gasteiger partial charge in [-0.05, 0) is 61.7 Å². The van der Waals surface area contributed by atoms with Crippen molar-refractivity contribution < 1.29 is 14.4 Å². The number of rotatable bonds is 4. The highest BCUT2D eigenvalue weighted by molar-refractivity contribution is 6.44. The SMILES string of the molecule is Cc1cccc(N2N=C(C(=O)Nc3ccc(C(=O)N4CCCC4)cc3)CCC2=O)c1. The first-order chi connectivity index (χ1) is 14.5. The predicted molar refractivity (Wildman–Crippen MR) is 116 cm³/mol. The zero-order valence-electron chi connectivity index (χ0n) is 16.9. The number of hydrogen-bond acceptors (Lipinski definition) is 4. The lowest BCUT2D eigenvalue weighted by molar-refractivity contribution is -0.118. The second kappa shape index (κ2) is 8.49. The Morgan fingerprint density at radius 1 is 1.00 bits per heavy atom. The number of aryl methyl sites for hydroxylation is 1. The van der Waals surface area contributed by atoms with E-state index in [2.05, 4.69) is 10.4 Å². The van der Waals surface area contributed by atoms with Crippen LogP contribution in [0.4, 0.5) is 11.4 Å². The van der Waals surface area contributed by atoms with Gasteiger partial charge in [0.05, 0.1) is 5.69 Å². The Morgan fingerprint density at radius 3 is 2.43 bits per heavy atom. The number of carbonyl (C=O) groups excluding carboxylic acids is 3. The molecule has 2 heterocycles. The van der Waals surface area contributed by atoms with Gasteiger partial charge in [-0.15, -0.1) is 0 Å². The summed E-state index contributed by atoms with van der Waals surface area (Å²) >= 11 is 0. The van der Waals surface area contributed by atoms with Crippen LogP contribution in [0, 0.1) is 6.92 Å². The number of anilines is 2. The van der Waals surface area contributed by atoms with E-state index < -0.39 is 0 Å². The molecule has 7 heteroatoms. The van der Waals surface area contributed by atoms with Gasteiger partial charge in [0.15, 0.2) is 0 Å². The Labute approximate surface area is 175 Å². The van der Waals surface area contributed by atoms with E-state index in [9.17, 15) is 14.4 Å². The molecule has 4 rings (SSSR count). The van der Waals surface area contributed by atoms with E-state index in [1.54, 1.807) is 30.3 Å². The zero-order chi connectivity index (χ0) is 21.1. The van der Waals surface area contributed by atoms with Gasteiger partial charge in [0, 0.05) is 37.2 Å². The monoisotopic (exact) mass is 404 g/mol. The molecule has 1 saturated heterocycles. The van der Waals surface area contributed by atoms with Gasteiger partial charge in [-0.1, -0.05) is 12.1 Å². The Morgan fingerprint density at radius 2 is 1.73 bits per heavy atom. The van der Waals surface area contributed by atoms with E-state index in [-0.39, 0.29) is 24.1 Å². The highest BCUT2D eigenvalue weighted by Crippen LogP contribution is 2.22. The minimum Gasteiger partial charge on any atom is -0.339 e. The Hall–Kier alpha value is -3.48. The second-order valence-corrected chi connectivity index (χ2v) is 7.62. The third kappa shape index (κ3) is 4.25. The highest BCUT2D eigenvalue weighted by atomic mass is 16.2. The average Bonchev–Trinajstić information content (AvgIpc) is 3.29. The average molecular weight is 404 g/mol. The maximum absolute atomic E-state index is 12.7. The number of benzene rings is 2. The van der Waals surface area contributed by atoms with Crippen LogP contribution in [0.1, 0.15) is 41.6 Å². The number of likely N-dealkylation sites (tertiary alicyclic amines) is 1. The minimum absolute atomic E-state index is 0.0225. The van der Waals surface area contributed by atoms with Crippen molar-refractivity contribution in [2.24, 2.45) is 5.10 Å². The van der Waals surface area contributed by atoms with Crippen LogP contribution in [0.3, 0.4) is 0 Å². The summed E-state index contributed by atoms with van der Waals surface area (Å²) in [6.07, 6.45) is 2.61. The summed E-state index contributed by atoms with van der Waals surface area (Å²) in [6.45, 7) is 3.54. The molecule has 0 aliphatic carbocycles. The van der Waals surface area contributed by atoms with Crippen LogP contribution in [-0.2, 0) is 9.59 Å². The number of nitrogens with one attached hydrogen (secondary N) is 1. The number of hydrazone groups is 1. The fraction of sp³-hybridized carbons (Fsp3) is 0.304. The standard InChI is InChI=1S/C23H24N4O3/c1-16-5-4-6-19(15-16)27-21(28)12-11-20(25-27)22(29)24-18-9-7-17(8-10-18)23(30)26-13-2-3-14-26/h4-10,15H,2-3,11-14H2,1H3,(H,24,29). The Kier molecular flexibility index (Phi) is 5.61. The zero-order valence-corrected chi connectivity index (χ0v) is 16.9. The van der Waals surface area contributed by atoms with E-state index in [1.807, 2.05) is 30.0 Å². The van der Waals surface area contributed by atoms with E-state index in [0.717, 1.165) is 31.5 Å². The normalized spacial score (nSPS) is 16.4. The molecule has 0 bridgehead atoms. The van der Waals surface area contributed by atoms with Crippen molar-refractivity contribution in [2.75, 3.05) is 23.4 Å². The summed E-state index contributed by atoms with van der Waals surface area (Å²) in [5.41, 5.74) is 3.15. The van der Waals surface area contributed by atoms with Crippen LogP contribution >= 0.6 is 0 Å². The van der Waals surface area contributed by atoms with Crippen molar-refractivity contribution in [3.63, 3.8) is 0 Å². The van der Waals surface area contributed by atoms with Crippen molar-refractivity contribution in [3.05, 3.63) is 59.7 Å². The van der Waals surface area contributed by atoms with Gasteiger partial charge in [0.25, 0.3) is 11.8 Å². The third-order valence-electron chi connectivity index (χ3n) is 5.32. The highest BCUT2D eigenvalue weighted by Gasteiger charge is 2.26. The molecule has 0 spiro atoms. The van der Waals surface area contributed by atoms with Gasteiger partial charge in [-0.3, -0.25) is 14.4 Å². The fourth-order valence-electron chi connectivity index (χ4n) is 3.68. The molecular formula is C23H24N4O3. The number of hydrogen-bond donors (Lipinski definition) is 1. The summed E-state index contributed by atoms with van der Waals surface area (Å²) in [6, 6.07) is 14.3. The molecule has 1 fully saturated rings. The molecule has 3 amide bonds. The molecule has 0 unspecified atom stereocenters. The molecule has 0 saturated carbocycles. The molecule has 0 radical (unpaired) electrons. The lowest BCUT2D eigenvalue weighted by Crippen LogP contribution is -2.36. The van der Waals surface area contributed by atoms with E-state index in [0.29, 0.717) is 29.1 Å². The molecular weight excluding hydrogens is 380 g/mol. The molecule has 2 aromatic carbocycles. The van der Waals surface area contributed by atoms with Gasteiger partial charge in [-0.25, -0.2) is 5.01 Å². The van der Waals surface area contributed by atoms with E-state index >= 15 is 0 Å². The molecule has 2 aliphatic rings. The number of amides is 3. The minimum atomic E-state index is -0.348. The Balaban J connectivity index is 1.45. The van der Waals surface area contributed by atoms with Gasteiger partial charge < -0.3 is 10.2 Å². The van der Waals surface area contributed by atoms with Gasteiger partial charge in [0.2, 0.25) is 5.91 Å². The van der Waals surface area contributed by atoms with Crippen LogP contribution in [0.5, 0.6) is 0 Å². The van der Waals surface area contributed by atoms with Crippen molar-refractivity contribution in [1.82, 2.24) is 4.90 Å². The first-order valence-electron chi connectivity index (χ1n) is 10.2. The summed E-state index contributed by atoms with van der Waals surface area (Å²) in [5.74, 6) is -0.463.